The van der Waals surface area contributed by atoms with E-state index in [1.165, 1.54) is 0 Å². The van der Waals surface area contributed by atoms with Gasteiger partial charge in [-0.15, -0.1) is 0 Å². The molecule has 0 heterocycles. The minimum atomic E-state index is -1.66. The van der Waals surface area contributed by atoms with Crippen LogP contribution < -0.4 is 5.11 Å². The summed E-state index contributed by atoms with van der Waals surface area (Å²) < 4.78 is -0.374. The molecule has 12 heavy (non-hydrogen) atoms. The zero-order valence-electron chi connectivity index (χ0n) is 5.21. The Balaban J connectivity index is 5.06. The van der Waals surface area contributed by atoms with Gasteiger partial charge in [-0.2, -0.15) is 0 Å². The van der Waals surface area contributed by atoms with Crippen LogP contribution in [0.15, 0.2) is 19.6 Å². The topological polar surface area (TPSA) is 40.1 Å². The fourth-order valence-electron chi connectivity index (χ4n) is 0.269. The molecule has 0 aliphatic heterocycles. The third-order valence-electron chi connectivity index (χ3n) is 0.731. The van der Waals surface area contributed by atoms with Crippen molar-refractivity contribution >= 4 is 64.0 Å². The smallest absolute Gasteiger partial charge is 0.126 e. The van der Waals surface area contributed by atoms with Crippen LogP contribution in [0.2, 0.25) is 0 Å². The van der Waals surface area contributed by atoms with E-state index >= 15 is 0 Å². The monoisotopic (exact) mass is 267 g/mol. The SMILES string of the molecule is O=C([O-])/C(Cl)=C(\Cl)C(Cl)=C(Cl)Cl. The van der Waals surface area contributed by atoms with Gasteiger partial charge >= 0.3 is 0 Å². The van der Waals surface area contributed by atoms with Crippen molar-refractivity contribution in [3.8, 4) is 0 Å². The molecule has 0 spiro atoms. The number of carboxylic acids is 1. The molecule has 0 aliphatic carbocycles. The lowest BCUT2D eigenvalue weighted by Crippen LogP contribution is -2.22. The predicted octanol–water partition coefficient (Wildman–Crippen LogP) is 2.31. The number of allylic oxidation sites excluding steroid dienone is 2. The first-order chi connectivity index (χ1) is 5.37. The van der Waals surface area contributed by atoms with Crippen LogP contribution in [0.1, 0.15) is 0 Å². The van der Waals surface area contributed by atoms with Crippen LogP contribution in [0, 0.1) is 0 Å². The van der Waals surface area contributed by atoms with E-state index in [1.54, 1.807) is 0 Å². The van der Waals surface area contributed by atoms with Crippen molar-refractivity contribution in [1.29, 1.82) is 0 Å². The van der Waals surface area contributed by atoms with Gasteiger partial charge in [0.2, 0.25) is 0 Å². The normalized spacial score (nSPS) is 12.1. The van der Waals surface area contributed by atoms with E-state index in [-0.39, 0.29) is 9.52 Å². The molecular formula is C5Cl5O2-. The lowest BCUT2D eigenvalue weighted by molar-refractivity contribution is -0.298. The molecule has 0 rings (SSSR count). The van der Waals surface area contributed by atoms with Gasteiger partial charge in [0.15, 0.2) is 0 Å². The van der Waals surface area contributed by atoms with Crippen molar-refractivity contribution in [1.82, 2.24) is 0 Å². The predicted molar refractivity (Wildman–Crippen MR) is 48.3 cm³/mol. The molecule has 0 amide bonds. The average molecular weight is 269 g/mol. The Hall–Kier alpha value is 0.400. The molecule has 0 fully saturated rings. The molecule has 0 unspecified atom stereocenters. The lowest BCUT2D eigenvalue weighted by atomic mass is 10.5. The number of carboxylic acid groups (broad SMARTS) is 1. The zero-order chi connectivity index (χ0) is 9.89. The highest BCUT2D eigenvalue weighted by Crippen LogP contribution is 2.30. The van der Waals surface area contributed by atoms with Crippen LogP contribution in [0.25, 0.3) is 0 Å². The highest BCUT2D eigenvalue weighted by molar-refractivity contribution is 6.62. The zero-order valence-corrected chi connectivity index (χ0v) is 8.99. The maximum absolute atomic E-state index is 10.1. The van der Waals surface area contributed by atoms with Crippen LogP contribution in [-0.4, -0.2) is 5.97 Å². The summed E-state index contributed by atoms with van der Waals surface area (Å²) in [6, 6.07) is 0. The largest absolute Gasteiger partial charge is 0.544 e. The molecule has 0 saturated heterocycles. The summed E-state index contributed by atoms with van der Waals surface area (Å²) in [5.74, 6) is -1.66. The molecule has 0 aromatic carbocycles. The summed E-state index contributed by atoms with van der Waals surface area (Å²) in [5.41, 5.74) is 0. The standard InChI is InChI=1S/C5HCl5O2/c6-1(2(7)4(9)10)3(8)5(11)12/h(H,11,12)/p-1/b3-1+. The summed E-state index contributed by atoms with van der Waals surface area (Å²) in [5, 5.41) is 8.57. The Morgan fingerprint density at radius 1 is 0.833 bits per heavy atom. The van der Waals surface area contributed by atoms with Crippen molar-refractivity contribution in [3.63, 3.8) is 0 Å². The lowest BCUT2D eigenvalue weighted by Gasteiger charge is -2.02. The van der Waals surface area contributed by atoms with Gasteiger partial charge in [0.05, 0.1) is 21.1 Å². The van der Waals surface area contributed by atoms with Gasteiger partial charge in [-0.25, -0.2) is 0 Å². The molecular weight excluding hydrogens is 269 g/mol. The molecule has 0 N–H and O–H groups in total. The number of halogens is 5. The second-order valence-electron chi connectivity index (χ2n) is 1.49. The quantitative estimate of drug-likeness (QED) is 0.570. The highest BCUT2D eigenvalue weighted by Gasteiger charge is 2.09. The maximum Gasteiger partial charge on any atom is 0.126 e. The molecule has 0 saturated carbocycles. The average Bonchev–Trinajstić information content (AvgIpc) is 2.00. The van der Waals surface area contributed by atoms with Crippen molar-refractivity contribution < 1.29 is 9.90 Å². The first-order valence-corrected chi connectivity index (χ1v) is 4.24. The van der Waals surface area contributed by atoms with Gasteiger partial charge in [-0.3, -0.25) is 0 Å². The minimum absolute atomic E-state index is 0.339. The summed E-state index contributed by atoms with van der Waals surface area (Å²) in [7, 11) is 0. The first kappa shape index (κ1) is 12.4. The maximum atomic E-state index is 10.1. The van der Waals surface area contributed by atoms with E-state index in [1.807, 2.05) is 0 Å². The number of rotatable bonds is 2. The van der Waals surface area contributed by atoms with Gasteiger partial charge in [0.25, 0.3) is 0 Å². The van der Waals surface area contributed by atoms with Crippen molar-refractivity contribution in [2.45, 2.75) is 0 Å². The number of carbonyl (C=O) groups excluding carboxylic acids is 1. The van der Waals surface area contributed by atoms with Gasteiger partial charge < -0.3 is 9.90 Å². The van der Waals surface area contributed by atoms with Gasteiger partial charge in [-0.05, 0) is 0 Å². The molecule has 7 heteroatoms. The van der Waals surface area contributed by atoms with E-state index in [0.717, 1.165) is 0 Å². The summed E-state index contributed by atoms with van der Waals surface area (Å²) in [6.07, 6.45) is 0. The Morgan fingerprint density at radius 2 is 1.25 bits per heavy atom. The number of carbonyl (C=O) groups is 1. The highest BCUT2D eigenvalue weighted by atomic mass is 35.5. The molecule has 68 valence electrons. The fraction of sp³-hybridized carbons (Fsp3) is 0. The third-order valence-corrected chi connectivity index (χ3v) is 2.59. The third kappa shape index (κ3) is 3.42. The van der Waals surface area contributed by atoms with Crippen LogP contribution in [0.4, 0.5) is 0 Å². The Kier molecular flexibility index (Phi) is 5.37. The van der Waals surface area contributed by atoms with E-state index in [4.69, 9.17) is 58.0 Å². The Bertz CT molecular complexity index is 263. The van der Waals surface area contributed by atoms with Crippen molar-refractivity contribution in [2.24, 2.45) is 0 Å². The molecule has 0 aromatic rings. The van der Waals surface area contributed by atoms with Crippen LogP contribution in [0.3, 0.4) is 0 Å². The molecule has 0 aromatic heterocycles. The summed E-state index contributed by atoms with van der Waals surface area (Å²) in [6.45, 7) is 0. The Labute approximate surface area is 93.3 Å². The second kappa shape index (κ2) is 5.20. The van der Waals surface area contributed by atoms with E-state index in [9.17, 15) is 9.90 Å². The van der Waals surface area contributed by atoms with E-state index < -0.39 is 16.0 Å². The summed E-state index contributed by atoms with van der Waals surface area (Å²) in [4.78, 5) is 10.1. The number of hydrogen-bond donors (Lipinski definition) is 0. The first-order valence-electron chi connectivity index (χ1n) is 2.35. The van der Waals surface area contributed by atoms with Crippen LogP contribution in [-0.2, 0) is 4.79 Å². The number of hydrogen-bond acceptors (Lipinski definition) is 2. The van der Waals surface area contributed by atoms with Gasteiger partial charge in [0.1, 0.15) is 4.49 Å². The van der Waals surface area contributed by atoms with Crippen molar-refractivity contribution in [2.75, 3.05) is 0 Å². The van der Waals surface area contributed by atoms with Gasteiger partial charge in [-0.1, -0.05) is 58.0 Å². The van der Waals surface area contributed by atoms with Crippen LogP contribution >= 0.6 is 58.0 Å². The molecule has 0 atom stereocenters. The minimum Gasteiger partial charge on any atom is -0.544 e. The fourth-order valence-corrected chi connectivity index (χ4v) is 0.964. The van der Waals surface area contributed by atoms with Crippen molar-refractivity contribution in [3.05, 3.63) is 19.6 Å². The Morgan fingerprint density at radius 3 is 1.50 bits per heavy atom. The molecule has 2 nitrogen and oxygen atoms in total. The second-order valence-corrected chi connectivity index (χ2v) is 3.57. The van der Waals surface area contributed by atoms with Gasteiger partial charge in [0, 0.05) is 0 Å². The number of aliphatic carboxylic acids is 1. The summed E-state index contributed by atoms with van der Waals surface area (Å²) >= 11 is 26.2. The van der Waals surface area contributed by atoms with Crippen LogP contribution in [0.5, 0.6) is 0 Å². The van der Waals surface area contributed by atoms with E-state index in [0.29, 0.717) is 0 Å². The molecule has 0 aliphatic rings. The van der Waals surface area contributed by atoms with E-state index in [2.05, 4.69) is 0 Å². The molecule has 0 bridgehead atoms. The molecule has 0 radical (unpaired) electrons.